The minimum absolute atomic E-state index is 0.0856. The zero-order chi connectivity index (χ0) is 23.3. The fourth-order valence-corrected chi connectivity index (χ4v) is 4.35. The van der Waals surface area contributed by atoms with E-state index in [2.05, 4.69) is 10.5 Å². The molecule has 0 aliphatic heterocycles. The SMILES string of the molecule is C/C(=N/NC(=O)CN(c1ccc(C)cc1)S(=O)(=O)c1ccc(C)cc1)c1ccc(F)cc1. The van der Waals surface area contributed by atoms with Crippen molar-refractivity contribution in [3.8, 4) is 0 Å². The molecule has 0 spiro atoms. The fourth-order valence-electron chi connectivity index (χ4n) is 2.93. The van der Waals surface area contributed by atoms with E-state index in [0.29, 0.717) is 17.0 Å². The molecule has 6 nitrogen and oxygen atoms in total. The van der Waals surface area contributed by atoms with E-state index in [1.165, 1.54) is 24.3 Å². The summed E-state index contributed by atoms with van der Waals surface area (Å²) in [5.74, 6) is -0.983. The molecule has 0 atom stereocenters. The highest BCUT2D eigenvalue weighted by atomic mass is 32.2. The number of nitrogens with one attached hydrogen (secondary N) is 1. The first-order chi connectivity index (χ1) is 15.2. The van der Waals surface area contributed by atoms with Crippen LogP contribution in [0.15, 0.2) is 82.8 Å². The van der Waals surface area contributed by atoms with Gasteiger partial charge in [-0.25, -0.2) is 18.2 Å². The molecule has 3 aromatic rings. The van der Waals surface area contributed by atoms with Gasteiger partial charge in [0.25, 0.3) is 15.9 Å². The number of sulfonamides is 1. The zero-order valence-corrected chi connectivity index (χ0v) is 18.9. The lowest BCUT2D eigenvalue weighted by Crippen LogP contribution is -2.39. The molecule has 32 heavy (non-hydrogen) atoms. The molecule has 1 N–H and O–H groups in total. The molecular formula is C24H24FN3O3S. The summed E-state index contributed by atoms with van der Waals surface area (Å²) >= 11 is 0. The molecule has 3 aromatic carbocycles. The van der Waals surface area contributed by atoms with Crippen LogP contribution in [-0.2, 0) is 14.8 Å². The number of amides is 1. The van der Waals surface area contributed by atoms with E-state index < -0.39 is 22.5 Å². The van der Waals surface area contributed by atoms with Crippen molar-refractivity contribution in [3.05, 3.63) is 95.3 Å². The Labute approximate surface area is 187 Å². The third-order valence-corrected chi connectivity index (χ3v) is 6.62. The van der Waals surface area contributed by atoms with Gasteiger partial charge in [0.1, 0.15) is 12.4 Å². The van der Waals surface area contributed by atoms with Gasteiger partial charge in [-0.2, -0.15) is 5.10 Å². The van der Waals surface area contributed by atoms with Crippen LogP contribution >= 0.6 is 0 Å². The topological polar surface area (TPSA) is 78.8 Å². The van der Waals surface area contributed by atoms with Crippen molar-refractivity contribution in [1.29, 1.82) is 0 Å². The van der Waals surface area contributed by atoms with E-state index in [1.54, 1.807) is 55.5 Å². The Bertz CT molecular complexity index is 1220. The first-order valence-electron chi connectivity index (χ1n) is 9.92. The number of benzene rings is 3. The van der Waals surface area contributed by atoms with Gasteiger partial charge < -0.3 is 0 Å². The third-order valence-electron chi connectivity index (χ3n) is 4.83. The average molecular weight is 454 g/mol. The van der Waals surface area contributed by atoms with Crippen LogP contribution in [0.5, 0.6) is 0 Å². The van der Waals surface area contributed by atoms with Crippen LogP contribution in [0.3, 0.4) is 0 Å². The van der Waals surface area contributed by atoms with E-state index in [0.717, 1.165) is 15.4 Å². The van der Waals surface area contributed by atoms with Gasteiger partial charge in [-0.15, -0.1) is 0 Å². The Kier molecular flexibility index (Phi) is 7.05. The number of carbonyl (C=O) groups is 1. The predicted molar refractivity (Wildman–Crippen MR) is 124 cm³/mol. The fraction of sp³-hybridized carbons (Fsp3) is 0.167. The van der Waals surface area contributed by atoms with E-state index in [-0.39, 0.29) is 10.7 Å². The van der Waals surface area contributed by atoms with Gasteiger partial charge in [-0.1, -0.05) is 47.5 Å². The number of hydrogen-bond acceptors (Lipinski definition) is 4. The first-order valence-corrected chi connectivity index (χ1v) is 11.4. The minimum Gasteiger partial charge on any atom is -0.271 e. The van der Waals surface area contributed by atoms with Crippen molar-refractivity contribution in [2.75, 3.05) is 10.8 Å². The number of aryl methyl sites for hydroxylation is 2. The standard InChI is InChI=1S/C24H24FN3O3S/c1-17-4-12-22(13-5-17)28(32(30,31)23-14-6-18(2)7-15-23)16-24(29)27-26-19(3)20-8-10-21(25)11-9-20/h4-15H,16H2,1-3H3,(H,27,29)/b26-19-. The maximum Gasteiger partial charge on any atom is 0.264 e. The van der Waals surface area contributed by atoms with E-state index in [4.69, 9.17) is 0 Å². The molecule has 0 saturated heterocycles. The summed E-state index contributed by atoms with van der Waals surface area (Å²) in [5, 5.41) is 4.02. The Morgan fingerprint density at radius 3 is 2.00 bits per heavy atom. The molecule has 3 rings (SSSR count). The Hall–Kier alpha value is -3.52. The Morgan fingerprint density at radius 2 is 1.44 bits per heavy atom. The quantitative estimate of drug-likeness (QED) is 0.431. The third kappa shape index (κ3) is 5.59. The molecule has 0 radical (unpaired) electrons. The molecule has 166 valence electrons. The van der Waals surface area contributed by atoms with Crippen molar-refractivity contribution in [3.63, 3.8) is 0 Å². The second kappa shape index (κ2) is 9.74. The molecule has 0 aromatic heterocycles. The van der Waals surface area contributed by atoms with Gasteiger partial charge in [0.05, 0.1) is 16.3 Å². The molecule has 8 heteroatoms. The summed E-state index contributed by atoms with van der Waals surface area (Å²) in [4.78, 5) is 12.7. The first kappa shape index (κ1) is 23.1. The van der Waals surface area contributed by atoms with Crippen molar-refractivity contribution in [2.24, 2.45) is 5.10 Å². The van der Waals surface area contributed by atoms with Crippen LogP contribution < -0.4 is 9.73 Å². The number of anilines is 1. The second-order valence-electron chi connectivity index (χ2n) is 7.40. The van der Waals surface area contributed by atoms with Crippen molar-refractivity contribution < 1.29 is 17.6 Å². The van der Waals surface area contributed by atoms with Crippen LogP contribution in [0.1, 0.15) is 23.6 Å². The van der Waals surface area contributed by atoms with Crippen LogP contribution in [0.4, 0.5) is 10.1 Å². The van der Waals surface area contributed by atoms with Gasteiger partial charge in [0, 0.05) is 0 Å². The lowest BCUT2D eigenvalue weighted by atomic mass is 10.1. The molecule has 0 aliphatic rings. The summed E-state index contributed by atoms with van der Waals surface area (Å²) in [7, 11) is -3.99. The molecule has 0 aliphatic carbocycles. The largest absolute Gasteiger partial charge is 0.271 e. The van der Waals surface area contributed by atoms with Crippen LogP contribution in [0.2, 0.25) is 0 Å². The van der Waals surface area contributed by atoms with Gasteiger partial charge in [0.15, 0.2) is 0 Å². The number of hydrazone groups is 1. The molecule has 0 heterocycles. The van der Waals surface area contributed by atoms with Gasteiger partial charge >= 0.3 is 0 Å². The lowest BCUT2D eigenvalue weighted by Gasteiger charge is -2.24. The smallest absolute Gasteiger partial charge is 0.264 e. The number of carbonyl (C=O) groups excluding carboxylic acids is 1. The maximum absolute atomic E-state index is 13.3. The highest BCUT2D eigenvalue weighted by Gasteiger charge is 2.27. The maximum atomic E-state index is 13.3. The van der Waals surface area contributed by atoms with Crippen molar-refractivity contribution in [1.82, 2.24) is 5.43 Å². The van der Waals surface area contributed by atoms with Crippen molar-refractivity contribution in [2.45, 2.75) is 25.7 Å². The number of rotatable bonds is 7. The van der Waals surface area contributed by atoms with E-state index in [9.17, 15) is 17.6 Å². The number of nitrogens with zero attached hydrogens (tertiary/aromatic N) is 2. The van der Waals surface area contributed by atoms with Crippen LogP contribution in [0.25, 0.3) is 0 Å². The second-order valence-corrected chi connectivity index (χ2v) is 9.26. The van der Waals surface area contributed by atoms with Crippen LogP contribution in [0, 0.1) is 19.7 Å². The molecule has 0 fully saturated rings. The highest BCUT2D eigenvalue weighted by molar-refractivity contribution is 7.92. The van der Waals surface area contributed by atoms with E-state index >= 15 is 0 Å². The summed E-state index contributed by atoms with van der Waals surface area (Å²) in [6.07, 6.45) is 0. The molecule has 0 unspecified atom stereocenters. The number of halogens is 1. The zero-order valence-electron chi connectivity index (χ0n) is 18.0. The molecule has 1 amide bonds. The molecule has 0 saturated carbocycles. The van der Waals surface area contributed by atoms with Gasteiger partial charge in [-0.3, -0.25) is 9.10 Å². The summed E-state index contributed by atoms with van der Waals surface area (Å²) in [6, 6.07) is 19.0. The van der Waals surface area contributed by atoms with E-state index in [1.807, 2.05) is 13.8 Å². The Balaban J connectivity index is 1.86. The lowest BCUT2D eigenvalue weighted by molar-refractivity contribution is -0.119. The average Bonchev–Trinajstić information content (AvgIpc) is 2.77. The van der Waals surface area contributed by atoms with Crippen molar-refractivity contribution >= 4 is 27.3 Å². The molecule has 0 bridgehead atoms. The summed E-state index contributed by atoms with van der Waals surface area (Å²) in [5.41, 5.74) is 5.74. The monoisotopic (exact) mass is 453 g/mol. The minimum atomic E-state index is -3.99. The summed E-state index contributed by atoms with van der Waals surface area (Å²) in [6.45, 7) is 4.96. The van der Waals surface area contributed by atoms with Gasteiger partial charge in [-0.05, 0) is 62.7 Å². The number of hydrogen-bond donors (Lipinski definition) is 1. The predicted octanol–water partition coefficient (Wildman–Crippen LogP) is 4.18. The van der Waals surface area contributed by atoms with Crippen LogP contribution in [-0.4, -0.2) is 26.6 Å². The van der Waals surface area contributed by atoms with Gasteiger partial charge in [0.2, 0.25) is 0 Å². The highest BCUT2D eigenvalue weighted by Crippen LogP contribution is 2.24. The molecular weight excluding hydrogens is 429 g/mol. The normalized spacial score (nSPS) is 11.8. The Morgan fingerprint density at radius 1 is 0.906 bits per heavy atom. The summed E-state index contributed by atoms with van der Waals surface area (Å²) < 4.78 is 40.8.